The molecule has 0 aliphatic heterocycles. The van der Waals surface area contributed by atoms with Gasteiger partial charge in [-0.05, 0) is 90.1 Å². The van der Waals surface area contributed by atoms with Gasteiger partial charge >= 0.3 is 0 Å². The van der Waals surface area contributed by atoms with Crippen molar-refractivity contribution in [1.82, 2.24) is 0 Å². The van der Waals surface area contributed by atoms with E-state index in [1.165, 1.54) is 158 Å². The predicted octanol–water partition coefficient (Wildman–Crippen LogP) is 18.0. The Balaban J connectivity index is 0.000000189. The molecule has 59 heavy (non-hydrogen) atoms. The summed E-state index contributed by atoms with van der Waals surface area (Å²) in [6, 6.07) is 53.2. The van der Waals surface area contributed by atoms with Crippen LogP contribution >= 0.6 is 0 Å². The van der Waals surface area contributed by atoms with Crippen molar-refractivity contribution in [3.8, 4) is 33.4 Å². The molecule has 310 valence electrons. The maximum atomic E-state index is 2.52. The van der Waals surface area contributed by atoms with E-state index in [1.54, 1.807) is 11.1 Å². The van der Waals surface area contributed by atoms with Crippen LogP contribution in [-0.2, 0) is 11.8 Å². The highest BCUT2D eigenvalue weighted by atomic mass is 14.4. The Kier molecular flexibility index (Phi) is 18.8. The Morgan fingerprint density at radius 2 is 0.763 bits per heavy atom. The van der Waals surface area contributed by atoms with Gasteiger partial charge in [-0.25, -0.2) is 0 Å². The van der Waals surface area contributed by atoms with Gasteiger partial charge in [0.05, 0.1) is 0 Å². The summed E-state index contributed by atoms with van der Waals surface area (Å²) in [4.78, 5) is 0. The van der Waals surface area contributed by atoms with E-state index in [-0.39, 0.29) is 5.41 Å². The second-order valence-electron chi connectivity index (χ2n) is 17.3. The van der Waals surface area contributed by atoms with Gasteiger partial charge in [-0.2, -0.15) is 0 Å². The van der Waals surface area contributed by atoms with E-state index in [0.717, 1.165) is 0 Å². The van der Waals surface area contributed by atoms with Crippen LogP contribution in [0.15, 0.2) is 146 Å². The van der Waals surface area contributed by atoms with Crippen LogP contribution in [0.1, 0.15) is 150 Å². The molecule has 0 unspecified atom stereocenters. The zero-order valence-corrected chi connectivity index (χ0v) is 37.7. The van der Waals surface area contributed by atoms with Crippen molar-refractivity contribution < 1.29 is 0 Å². The van der Waals surface area contributed by atoms with E-state index in [1.807, 2.05) is 0 Å². The number of fused-ring (bicyclic) bond motifs is 3. The van der Waals surface area contributed by atoms with E-state index >= 15 is 0 Å². The maximum absolute atomic E-state index is 2.52. The SMILES string of the molecule is CCCCCCCCC1(CCCCCCCC)c2ccccc2-c2ccc(C)cc21.CCCc1ccc(-c2ccccc2)cc1.Cc1ccc(-c2ccc(C)cc2)cc1. The first-order valence-electron chi connectivity index (χ1n) is 23.4. The van der Waals surface area contributed by atoms with Gasteiger partial charge in [-0.15, -0.1) is 0 Å². The highest BCUT2D eigenvalue weighted by Crippen LogP contribution is 2.54. The van der Waals surface area contributed by atoms with E-state index in [9.17, 15) is 0 Å². The zero-order chi connectivity index (χ0) is 41.7. The summed E-state index contributed by atoms with van der Waals surface area (Å²) >= 11 is 0. The lowest BCUT2D eigenvalue weighted by atomic mass is 9.70. The van der Waals surface area contributed by atoms with Crippen molar-refractivity contribution >= 4 is 0 Å². The smallest absolute Gasteiger partial charge is 0.0215 e. The lowest BCUT2D eigenvalue weighted by Crippen LogP contribution is -2.25. The third kappa shape index (κ3) is 13.4. The van der Waals surface area contributed by atoms with E-state index in [2.05, 4.69) is 187 Å². The summed E-state index contributed by atoms with van der Waals surface area (Å²) in [6.45, 7) is 13.3. The Hall–Kier alpha value is -4.68. The number of unbranched alkanes of at least 4 members (excludes halogenated alkanes) is 10. The molecule has 7 rings (SSSR count). The first-order chi connectivity index (χ1) is 28.9. The van der Waals surface area contributed by atoms with Crippen LogP contribution in [0, 0.1) is 20.8 Å². The maximum Gasteiger partial charge on any atom is 0.0215 e. The van der Waals surface area contributed by atoms with Crippen molar-refractivity contribution in [2.45, 2.75) is 150 Å². The minimum atomic E-state index is 0.244. The Morgan fingerprint density at radius 1 is 0.339 bits per heavy atom. The second-order valence-corrected chi connectivity index (χ2v) is 17.3. The van der Waals surface area contributed by atoms with E-state index in [4.69, 9.17) is 0 Å². The van der Waals surface area contributed by atoms with Crippen LogP contribution in [0.3, 0.4) is 0 Å². The minimum absolute atomic E-state index is 0.244. The molecule has 0 radical (unpaired) electrons. The normalized spacial score (nSPS) is 12.1. The monoisotopic (exact) mass is 783 g/mol. The Morgan fingerprint density at radius 3 is 1.29 bits per heavy atom. The van der Waals surface area contributed by atoms with Gasteiger partial charge < -0.3 is 0 Å². The molecule has 0 bridgehead atoms. The average Bonchev–Trinajstić information content (AvgIpc) is 3.53. The number of benzene rings is 6. The van der Waals surface area contributed by atoms with Gasteiger partial charge in [0.25, 0.3) is 0 Å². The molecule has 0 N–H and O–H groups in total. The fraction of sp³-hybridized carbons (Fsp3) is 0.390. The molecule has 0 saturated heterocycles. The molecule has 6 aromatic rings. The van der Waals surface area contributed by atoms with E-state index < -0.39 is 0 Å². The molecule has 0 heteroatoms. The van der Waals surface area contributed by atoms with Crippen molar-refractivity contribution in [1.29, 1.82) is 0 Å². The van der Waals surface area contributed by atoms with Crippen molar-refractivity contribution in [3.63, 3.8) is 0 Å². The topological polar surface area (TPSA) is 0 Å². The molecule has 0 heterocycles. The number of aryl methyl sites for hydroxylation is 4. The molecule has 0 saturated carbocycles. The Bertz CT molecular complexity index is 1990. The van der Waals surface area contributed by atoms with Gasteiger partial charge in [0.15, 0.2) is 0 Å². The highest BCUT2D eigenvalue weighted by molar-refractivity contribution is 5.81. The average molecular weight is 783 g/mol. The lowest BCUT2D eigenvalue weighted by Gasteiger charge is -2.33. The van der Waals surface area contributed by atoms with Crippen LogP contribution in [-0.4, -0.2) is 0 Å². The van der Waals surface area contributed by atoms with Crippen LogP contribution in [0.25, 0.3) is 33.4 Å². The quantitative estimate of drug-likeness (QED) is 0.0762. The third-order valence-electron chi connectivity index (χ3n) is 12.4. The second kappa shape index (κ2) is 24.4. The highest BCUT2D eigenvalue weighted by Gasteiger charge is 2.41. The molecule has 1 aliphatic rings. The summed E-state index contributed by atoms with van der Waals surface area (Å²) in [7, 11) is 0. The van der Waals surface area contributed by atoms with Crippen LogP contribution in [0.4, 0.5) is 0 Å². The van der Waals surface area contributed by atoms with Crippen molar-refractivity contribution in [2.24, 2.45) is 0 Å². The first-order valence-corrected chi connectivity index (χ1v) is 23.4. The lowest BCUT2D eigenvalue weighted by molar-refractivity contribution is 0.397. The standard InChI is InChI=1S/C30H44.C15H16.C14H14/c1-4-6-8-10-12-16-22-30(23-17-13-11-9-7-5-2)28-19-15-14-18-26(28)27-21-20-25(3)24-29(27)30;1-2-6-13-9-11-15(12-10-13)14-7-4-3-5-8-14;1-11-3-7-13(8-4-11)14-9-5-12(2)6-10-14/h14-15,18-21,24H,4-13,16-17,22-23H2,1-3H3;3-5,7-12H,2,6H2,1H3;3-10H,1-2H3. The van der Waals surface area contributed by atoms with E-state index in [0.29, 0.717) is 0 Å². The van der Waals surface area contributed by atoms with Gasteiger partial charge in [0.1, 0.15) is 0 Å². The molecule has 6 aromatic carbocycles. The van der Waals surface area contributed by atoms with Crippen LogP contribution in [0.2, 0.25) is 0 Å². The number of hydrogen-bond donors (Lipinski definition) is 0. The van der Waals surface area contributed by atoms with Crippen LogP contribution < -0.4 is 0 Å². The fourth-order valence-electron chi connectivity index (χ4n) is 8.92. The summed E-state index contributed by atoms with van der Waals surface area (Å²) < 4.78 is 0. The summed E-state index contributed by atoms with van der Waals surface area (Å²) in [5.74, 6) is 0. The van der Waals surface area contributed by atoms with Gasteiger partial charge in [-0.3, -0.25) is 0 Å². The molecule has 0 aromatic heterocycles. The molecule has 0 spiro atoms. The molecular formula is C59H74. The molecule has 0 nitrogen and oxygen atoms in total. The fourth-order valence-corrected chi connectivity index (χ4v) is 8.92. The number of hydrogen-bond acceptors (Lipinski definition) is 0. The molecule has 1 aliphatic carbocycles. The van der Waals surface area contributed by atoms with Crippen molar-refractivity contribution in [3.05, 3.63) is 179 Å². The van der Waals surface area contributed by atoms with Crippen molar-refractivity contribution in [2.75, 3.05) is 0 Å². The first kappa shape index (κ1) is 45.4. The summed E-state index contributed by atoms with van der Waals surface area (Å²) in [5, 5.41) is 0. The third-order valence-corrected chi connectivity index (χ3v) is 12.4. The number of rotatable bonds is 18. The van der Waals surface area contributed by atoms with Gasteiger partial charge in [0.2, 0.25) is 0 Å². The van der Waals surface area contributed by atoms with Gasteiger partial charge in [-0.1, -0.05) is 267 Å². The summed E-state index contributed by atoms with van der Waals surface area (Å²) in [5.41, 5.74) is 17.1. The molecule has 0 amide bonds. The zero-order valence-electron chi connectivity index (χ0n) is 37.7. The van der Waals surface area contributed by atoms with Gasteiger partial charge in [0, 0.05) is 5.41 Å². The van der Waals surface area contributed by atoms with Crippen LogP contribution in [0.5, 0.6) is 0 Å². The predicted molar refractivity (Wildman–Crippen MR) is 261 cm³/mol. The largest absolute Gasteiger partial charge is 0.0654 e. The molecule has 0 fully saturated rings. The molecule has 0 atom stereocenters. The Labute approximate surface area is 360 Å². The minimum Gasteiger partial charge on any atom is -0.0654 e. The summed E-state index contributed by atoms with van der Waals surface area (Å²) in [6.07, 6.45) is 21.6. The molecular weight excluding hydrogens is 709 g/mol.